The Kier molecular flexibility index (Phi) is 4.68. The van der Waals surface area contributed by atoms with Crippen molar-refractivity contribution in [2.75, 3.05) is 31.2 Å². The molecule has 16 heavy (non-hydrogen) atoms. The van der Waals surface area contributed by atoms with E-state index in [0.29, 0.717) is 24.6 Å². The first-order valence-electron chi connectivity index (χ1n) is 4.97. The van der Waals surface area contributed by atoms with Crippen molar-refractivity contribution in [2.24, 2.45) is 5.73 Å². The third-order valence-corrected chi connectivity index (χ3v) is 2.07. The Bertz CT molecular complexity index is 350. The fraction of sp³-hybridized carbons (Fsp3) is 0.400. The van der Waals surface area contributed by atoms with Crippen molar-refractivity contribution in [3.8, 4) is 0 Å². The van der Waals surface area contributed by atoms with E-state index < -0.39 is 0 Å². The summed E-state index contributed by atoms with van der Waals surface area (Å²) in [5.41, 5.74) is 5.72. The second-order valence-electron chi connectivity index (χ2n) is 3.23. The molecule has 1 aromatic heterocycles. The van der Waals surface area contributed by atoms with E-state index >= 15 is 0 Å². The van der Waals surface area contributed by atoms with E-state index in [9.17, 15) is 0 Å². The van der Waals surface area contributed by atoms with Crippen LogP contribution in [-0.2, 0) is 0 Å². The number of nitrogens with zero attached hydrogens (tertiary/aromatic N) is 2. The summed E-state index contributed by atoms with van der Waals surface area (Å²) in [7, 11) is 0. The zero-order valence-electron chi connectivity index (χ0n) is 8.93. The standard InChI is InChI=1S/C10H16N4O2/c11-10(12)8-2-1-3-9(13-8)14(4-6-15)5-7-16/h1-3,15-16H,4-7H2,(H3,11,12). The van der Waals surface area contributed by atoms with Crippen LogP contribution in [0, 0.1) is 5.41 Å². The summed E-state index contributed by atoms with van der Waals surface area (Å²) in [5, 5.41) is 25.0. The summed E-state index contributed by atoms with van der Waals surface area (Å²) in [6.07, 6.45) is 0. The monoisotopic (exact) mass is 224 g/mol. The highest BCUT2D eigenvalue weighted by Crippen LogP contribution is 2.10. The van der Waals surface area contributed by atoms with Gasteiger partial charge in [-0.3, -0.25) is 5.41 Å². The number of pyridine rings is 1. The van der Waals surface area contributed by atoms with Crippen LogP contribution >= 0.6 is 0 Å². The lowest BCUT2D eigenvalue weighted by atomic mass is 10.3. The quantitative estimate of drug-likeness (QED) is 0.372. The van der Waals surface area contributed by atoms with Crippen molar-refractivity contribution in [3.05, 3.63) is 23.9 Å². The van der Waals surface area contributed by atoms with Gasteiger partial charge in [0.1, 0.15) is 17.3 Å². The Balaban J connectivity index is 2.90. The molecule has 1 aromatic rings. The number of amidine groups is 1. The molecule has 0 atom stereocenters. The van der Waals surface area contributed by atoms with Crippen LogP contribution in [-0.4, -0.2) is 47.3 Å². The van der Waals surface area contributed by atoms with Crippen molar-refractivity contribution in [1.82, 2.24) is 4.98 Å². The number of aromatic nitrogens is 1. The Morgan fingerprint density at radius 3 is 2.44 bits per heavy atom. The SMILES string of the molecule is N=C(N)c1cccc(N(CCO)CCO)n1. The van der Waals surface area contributed by atoms with Crippen LogP contribution in [0.15, 0.2) is 18.2 Å². The highest BCUT2D eigenvalue weighted by atomic mass is 16.3. The molecule has 0 aliphatic rings. The summed E-state index contributed by atoms with van der Waals surface area (Å²) in [6.45, 7) is 0.724. The lowest BCUT2D eigenvalue weighted by molar-refractivity contribution is 0.280. The molecule has 6 heteroatoms. The zero-order valence-corrected chi connectivity index (χ0v) is 8.93. The van der Waals surface area contributed by atoms with Gasteiger partial charge in [-0.2, -0.15) is 0 Å². The van der Waals surface area contributed by atoms with Gasteiger partial charge in [-0.25, -0.2) is 4.98 Å². The molecule has 88 valence electrons. The summed E-state index contributed by atoms with van der Waals surface area (Å²) in [5.74, 6) is 0.491. The number of nitrogens with one attached hydrogen (secondary N) is 1. The van der Waals surface area contributed by atoms with Crippen LogP contribution in [0.4, 0.5) is 5.82 Å². The largest absolute Gasteiger partial charge is 0.395 e. The van der Waals surface area contributed by atoms with Crippen molar-refractivity contribution in [2.45, 2.75) is 0 Å². The molecule has 0 radical (unpaired) electrons. The van der Waals surface area contributed by atoms with Crippen molar-refractivity contribution < 1.29 is 10.2 Å². The predicted molar refractivity (Wildman–Crippen MR) is 61.6 cm³/mol. The van der Waals surface area contributed by atoms with Gasteiger partial charge in [0.25, 0.3) is 0 Å². The lowest BCUT2D eigenvalue weighted by Crippen LogP contribution is -2.31. The first-order valence-corrected chi connectivity index (χ1v) is 4.97. The Hall–Kier alpha value is -1.66. The highest BCUT2D eigenvalue weighted by molar-refractivity contribution is 5.93. The molecule has 0 unspecified atom stereocenters. The first kappa shape index (κ1) is 12.4. The van der Waals surface area contributed by atoms with Gasteiger partial charge in [0.2, 0.25) is 0 Å². The number of aliphatic hydroxyl groups is 2. The fourth-order valence-electron chi connectivity index (χ4n) is 1.33. The van der Waals surface area contributed by atoms with Gasteiger partial charge >= 0.3 is 0 Å². The molecule has 0 saturated carbocycles. The van der Waals surface area contributed by atoms with Gasteiger partial charge < -0.3 is 20.8 Å². The van der Waals surface area contributed by atoms with Crippen LogP contribution in [0.25, 0.3) is 0 Å². The second-order valence-corrected chi connectivity index (χ2v) is 3.23. The van der Waals surface area contributed by atoms with Gasteiger partial charge in [-0.1, -0.05) is 6.07 Å². The minimum Gasteiger partial charge on any atom is -0.395 e. The average molecular weight is 224 g/mol. The van der Waals surface area contributed by atoms with Gasteiger partial charge in [-0.15, -0.1) is 0 Å². The van der Waals surface area contributed by atoms with Crippen molar-refractivity contribution >= 4 is 11.7 Å². The van der Waals surface area contributed by atoms with Crippen LogP contribution in [0.1, 0.15) is 5.69 Å². The number of hydrogen-bond donors (Lipinski definition) is 4. The lowest BCUT2D eigenvalue weighted by Gasteiger charge is -2.21. The molecule has 5 N–H and O–H groups in total. The van der Waals surface area contributed by atoms with Crippen molar-refractivity contribution in [3.63, 3.8) is 0 Å². The minimum absolute atomic E-state index is 0.0218. The fourth-order valence-corrected chi connectivity index (χ4v) is 1.33. The Morgan fingerprint density at radius 1 is 1.31 bits per heavy atom. The van der Waals surface area contributed by atoms with E-state index in [1.54, 1.807) is 23.1 Å². The molecule has 0 amide bonds. The number of hydrogen-bond acceptors (Lipinski definition) is 5. The molecule has 1 heterocycles. The van der Waals surface area contributed by atoms with Crippen LogP contribution in [0.3, 0.4) is 0 Å². The van der Waals surface area contributed by atoms with Crippen LogP contribution in [0.5, 0.6) is 0 Å². The molecule has 0 saturated heterocycles. The smallest absolute Gasteiger partial charge is 0.141 e. The molecular formula is C10H16N4O2. The number of nitrogens with two attached hydrogens (primary N) is 1. The highest BCUT2D eigenvalue weighted by Gasteiger charge is 2.08. The molecule has 1 rings (SSSR count). The molecule has 0 fully saturated rings. The molecule has 0 aliphatic carbocycles. The molecular weight excluding hydrogens is 208 g/mol. The molecule has 0 spiro atoms. The van der Waals surface area contributed by atoms with Gasteiger partial charge in [0.15, 0.2) is 0 Å². The first-order chi connectivity index (χ1) is 7.69. The van der Waals surface area contributed by atoms with E-state index in [1.807, 2.05) is 0 Å². The molecule has 0 aliphatic heterocycles. The second kappa shape index (κ2) is 6.04. The summed E-state index contributed by atoms with van der Waals surface area (Å²) >= 11 is 0. The average Bonchev–Trinajstić information content (AvgIpc) is 2.29. The number of nitrogen functional groups attached to an aromatic ring is 1. The Labute approximate surface area is 93.8 Å². The van der Waals surface area contributed by atoms with Gasteiger partial charge in [0, 0.05) is 13.1 Å². The number of aliphatic hydroxyl groups excluding tert-OH is 2. The van der Waals surface area contributed by atoms with E-state index in [2.05, 4.69) is 4.98 Å². The minimum atomic E-state index is -0.102. The van der Waals surface area contributed by atoms with Crippen LogP contribution < -0.4 is 10.6 Å². The van der Waals surface area contributed by atoms with Crippen molar-refractivity contribution in [1.29, 1.82) is 5.41 Å². The normalized spacial score (nSPS) is 10.1. The summed E-state index contributed by atoms with van der Waals surface area (Å²) < 4.78 is 0. The van der Waals surface area contributed by atoms with Gasteiger partial charge in [-0.05, 0) is 12.1 Å². The summed E-state index contributed by atoms with van der Waals surface area (Å²) in [6, 6.07) is 5.13. The zero-order chi connectivity index (χ0) is 12.0. The number of rotatable bonds is 6. The van der Waals surface area contributed by atoms with Crippen LogP contribution in [0.2, 0.25) is 0 Å². The molecule has 0 bridgehead atoms. The van der Waals surface area contributed by atoms with E-state index in [0.717, 1.165) is 0 Å². The van der Waals surface area contributed by atoms with E-state index in [1.165, 1.54) is 0 Å². The van der Waals surface area contributed by atoms with E-state index in [-0.39, 0.29) is 19.0 Å². The maximum atomic E-state index is 8.89. The maximum absolute atomic E-state index is 8.89. The third-order valence-electron chi connectivity index (χ3n) is 2.07. The van der Waals surface area contributed by atoms with Gasteiger partial charge in [0.05, 0.1) is 13.2 Å². The molecule has 6 nitrogen and oxygen atoms in total. The third kappa shape index (κ3) is 3.18. The van der Waals surface area contributed by atoms with E-state index in [4.69, 9.17) is 21.4 Å². The maximum Gasteiger partial charge on any atom is 0.141 e. The summed E-state index contributed by atoms with van der Waals surface area (Å²) in [4.78, 5) is 5.89. The topological polar surface area (TPSA) is 106 Å². The molecule has 0 aromatic carbocycles. The predicted octanol–water partition coefficient (Wildman–Crippen LogP) is -0.843. The Morgan fingerprint density at radius 2 is 1.94 bits per heavy atom. The number of anilines is 1.